The third-order valence-electron chi connectivity index (χ3n) is 5.61. The Labute approximate surface area is 244 Å². The molecule has 13 heteroatoms. The fraction of sp³-hybridized carbons (Fsp3) is 0.214. The number of imide groups is 1. The lowest BCUT2D eigenvalue weighted by molar-refractivity contribution is -0.120. The Bertz CT molecular complexity index is 1600. The summed E-state index contributed by atoms with van der Waals surface area (Å²) in [6, 6.07) is 12.2. The molecule has 41 heavy (non-hydrogen) atoms. The molecule has 3 aromatic rings. The Kier molecular flexibility index (Phi) is 8.84. The van der Waals surface area contributed by atoms with Crippen molar-refractivity contribution in [1.29, 1.82) is 0 Å². The molecular weight excluding hydrogens is 572 g/mol. The van der Waals surface area contributed by atoms with Crippen LogP contribution in [0.15, 0.2) is 59.3 Å². The number of para-hydroxylation sites is 1. The van der Waals surface area contributed by atoms with E-state index >= 15 is 0 Å². The summed E-state index contributed by atoms with van der Waals surface area (Å²) in [5.41, 5.74) is 0.745. The van der Waals surface area contributed by atoms with Gasteiger partial charge >= 0.3 is 11.9 Å². The second-order valence-corrected chi connectivity index (χ2v) is 10.3. The molecule has 2 N–H and O–H groups in total. The third kappa shape index (κ3) is 6.28. The highest BCUT2D eigenvalue weighted by Crippen LogP contribution is 2.33. The molecule has 1 aromatic heterocycles. The highest BCUT2D eigenvalue weighted by molar-refractivity contribution is 7.17. The number of hydrogen-bond donors (Lipinski definition) is 2. The number of hydrogen-bond acceptors (Lipinski definition) is 10. The summed E-state index contributed by atoms with van der Waals surface area (Å²) in [5.74, 6) is -3.36. The van der Waals surface area contributed by atoms with Gasteiger partial charge in [-0.3, -0.25) is 19.7 Å². The SMILES string of the molecule is CCOC(=O)c1sc(NC(=O)c2cccc(NC3=C(Cl)C(=O)N(c4ccccc4C(=O)OC(C)C)C3=O)c2)nc1C. The predicted molar refractivity (Wildman–Crippen MR) is 153 cm³/mol. The highest BCUT2D eigenvalue weighted by atomic mass is 35.5. The van der Waals surface area contributed by atoms with E-state index in [0.29, 0.717) is 11.4 Å². The number of carbonyl (C=O) groups is 5. The van der Waals surface area contributed by atoms with Crippen LogP contribution in [0.5, 0.6) is 0 Å². The van der Waals surface area contributed by atoms with Gasteiger partial charge in [-0.05, 0) is 58.0 Å². The van der Waals surface area contributed by atoms with Gasteiger partial charge in [-0.1, -0.05) is 41.1 Å². The number of thiazole rings is 1. The minimum Gasteiger partial charge on any atom is -0.462 e. The standard InChI is InChI=1S/C28H25ClN4O7S/c1-5-39-27(38)22-15(4)30-28(41-22)32-23(34)16-9-8-10-17(13-16)31-21-20(29)24(35)33(25(21)36)19-12-7-6-11-18(19)26(37)40-14(2)3/h6-14,31H,5H2,1-4H3,(H,30,32,34). The fourth-order valence-corrected chi connectivity index (χ4v) is 4.90. The van der Waals surface area contributed by atoms with Gasteiger partial charge in [-0.25, -0.2) is 19.5 Å². The third-order valence-corrected chi connectivity index (χ3v) is 7.01. The topological polar surface area (TPSA) is 144 Å². The molecule has 1 aliphatic rings. The predicted octanol–water partition coefficient (Wildman–Crippen LogP) is 4.88. The van der Waals surface area contributed by atoms with Crippen molar-refractivity contribution in [3.8, 4) is 0 Å². The minimum absolute atomic E-state index is 0.0239. The lowest BCUT2D eigenvalue weighted by Gasteiger charge is -2.19. The molecule has 2 heterocycles. The van der Waals surface area contributed by atoms with E-state index in [-0.39, 0.29) is 44.2 Å². The number of esters is 2. The average Bonchev–Trinajstić information content (AvgIpc) is 3.40. The number of aryl methyl sites for hydroxylation is 1. The van der Waals surface area contributed by atoms with E-state index in [1.165, 1.54) is 24.3 Å². The molecule has 3 amide bonds. The van der Waals surface area contributed by atoms with Gasteiger partial charge in [-0.15, -0.1) is 0 Å². The van der Waals surface area contributed by atoms with Crippen LogP contribution in [0, 0.1) is 6.92 Å². The van der Waals surface area contributed by atoms with Crippen molar-refractivity contribution in [2.24, 2.45) is 0 Å². The number of aromatic nitrogens is 1. The number of carbonyl (C=O) groups excluding carboxylic acids is 5. The Morgan fingerprint density at radius 2 is 1.78 bits per heavy atom. The Balaban J connectivity index is 1.53. The summed E-state index contributed by atoms with van der Waals surface area (Å²) >= 11 is 7.26. The molecule has 0 aliphatic carbocycles. The van der Waals surface area contributed by atoms with E-state index in [4.69, 9.17) is 21.1 Å². The van der Waals surface area contributed by atoms with E-state index in [1.54, 1.807) is 52.0 Å². The second-order valence-electron chi connectivity index (χ2n) is 8.92. The number of amides is 3. The van der Waals surface area contributed by atoms with E-state index in [1.807, 2.05) is 0 Å². The molecule has 0 atom stereocenters. The smallest absolute Gasteiger partial charge is 0.350 e. The van der Waals surface area contributed by atoms with E-state index in [2.05, 4.69) is 15.6 Å². The monoisotopic (exact) mass is 596 g/mol. The maximum atomic E-state index is 13.3. The van der Waals surface area contributed by atoms with Crippen LogP contribution in [0.1, 0.15) is 56.9 Å². The zero-order valence-electron chi connectivity index (χ0n) is 22.4. The van der Waals surface area contributed by atoms with Crippen LogP contribution in [0.4, 0.5) is 16.5 Å². The van der Waals surface area contributed by atoms with Gasteiger partial charge in [0.1, 0.15) is 15.6 Å². The molecule has 1 aliphatic heterocycles. The summed E-state index contributed by atoms with van der Waals surface area (Å²) in [7, 11) is 0. The summed E-state index contributed by atoms with van der Waals surface area (Å²) < 4.78 is 10.3. The Morgan fingerprint density at radius 3 is 2.49 bits per heavy atom. The van der Waals surface area contributed by atoms with Gasteiger partial charge < -0.3 is 14.8 Å². The van der Waals surface area contributed by atoms with Crippen molar-refractivity contribution in [3.05, 3.63) is 81.0 Å². The number of nitrogens with zero attached hydrogens (tertiary/aromatic N) is 2. The molecule has 2 aromatic carbocycles. The van der Waals surface area contributed by atoms with Crippen LogP contribution in [-0.4, -0.2) is 47.4 Å². The number of benzene rings is 2. The van der Waals surface area contributed by atoms with E-state index < -0.39 is 35.8 Å². The van der Waals surface area contributed by atoms with Crippen molar-refractivity contribution in [1.82, 2.24) is 4.98 Å². The molecule has 0 unspecified atom stereocenters. The van der Waals surface area contributed by atoms with Crippen molar-refractivity contribution < 1.29 is 33.4 Å². The maximum absolute atomic E-state index is 13.3. The van der Waals surface area contributed by atoms with Crippen molar-refractivity contribution >= 4 is 69.1 Å². The molecule has 4 rings (SSSR count). The quantitative estimate of drug-likeness (QED) is 0.261. The average molecular weight is 597 g/mol. The zero-order valence-corrected chi connectivity index (χ0v) is 24.0. The number of nitrogens with one attached hydrogen (secondary N) is 2. The largest absolute Gasteiger partial charge is 0.462 e. The molecular formula is C28H25ClN4O7S. The summed E-state index contributed by atoms with van der Waals surface area (Å²) in [5, 5.41) is 5.28. The fourth-order valence-electron chi connectivity index (χ4n) is 3.84. The number of halogens is 1. The molecule has 11 nitrogen and oxygen atoms in total. The molecule has 212 valence electrons. The first-order chi connectivity index (χ1) is 19.5. The van der Waals surface area contributed by atoms with Crippen molar-refractivity contribution in [2.45, 2.75) is 33.8 Å². The van der Waals surface area contributed by atoms with Crippen LogP contribution in [-0.2, 0) is 19.1 Å². The van der Waals surface area contributed by atoms with E-state index in [9.17, 15) is 24.0 Å². The van der Waals surface area contributed by atoms with E-state index in [0.717, 1.165) is 16.2 Å². The molecule has 0 radical (unpaired) electrons. The lowest BCUT2D eigenvalue weighted by atomic mass is 10.1. The first kappa shape index (κ1) is 29.4. The van der Waals surface area contributed by atoms with Gasteiger partial charge in [0.25, 0.3) is 17.7 Å². The number of anilines is 3. The van der Waals surface area contributed by atoms with Gasteiger partial charge in [-0.2, -0.15) is 0 Å². The molecule has 0 fully saturated rings. The zero-order chi connectivity index (χ0) is 29.8. The summed E-state index contributed by atoms with van der Waals surface area (Å²) in [6.45, 7) is 6.90. The van der Waals surface area contributed by atoms with Crippen molar-refractivity contribution in [3.63, 3.8) is 0 Å². The molecule has 0 spiro atoms. The van der Waals surface area contributed by atoms with Gasteiger partial charge in [0.2, 0.25) is 0 Å². The lowest BCUT2D eigenvalue weighted by Crippen LogP contribution is -2.34. The Hall–Kier alpha value is -4.55. The van der Waals surface area contributed by atoms with Gasteiger partial charge in [0.05, 0.1) is 29.7 Å². The number of rotatable bonds is 9. The maximum Gasteiger partial charge on any atom is 0.350 e. The van der Waals surface area contributed by atoms with Crippen LogP contribution in [0.2, 0.25) is 0 Å². The van der Waals surface area contributed by atoms with Crippen LogP contribution >= 0.6 is 22.9 Å². The van der Waals surface area contributed by atoms with Crippen LogP contribution in [0.3, 0.4) is 0 Å². The first-order valence-corrected chi connectivity index (χ1v) is 13.6. The van der Waals surface area contributed by atoms with Crippen LogP contribution < -0.4 is 15.5 Å². The highest BCUT2D eigenvalue weighted by Gasteiger charge is 2.40. The number of ether oxygens (including phenoxy) is 2. The van der Waals surface area contributed by atoms with Gasteiger partial charge in [0, 0.05) is 11.3 Å². The first-order valence-electron chi connectivity index (χ1n) is 12.4. The second kappa shape index (κ2) is 12.3. The summed E-state index contributed by atoms with van der Waals surface area (Å²) in [6.07, 6.45) is -0.414. The Morgan fingerprint density at radius 1 is 1.05 bits per heavy atom. The minimum atomic E-state index is -0.825. The normalized spacial score (nSPS) is 13.1. The van der Waals surface area contributed by atoms with Crippen LogP contribution in [0.25, 0.3) is 0 Å². The molecule has 0 saturated carbocycles. The molecule has 0 saturated heterocycles. The summed E-state index contributed by atoms with van der Waals surface area (Å²) in [4.78, 5) is 69.3. The molecule has 0 bridgehead atoms. The van der Waals surface area contributed by atoms with Gasteiger partial charge in [0.15, 0.2) is 5.13 Å². The van der Waals surface area contributed by atoms with Crippen molar-refractivity contribution in [2.75, 3.05) is 22.1 Å².